The molecule has 0 aromatic heterocycles. The average Bonchev–Trinajstić information content (AvgIpc) is 3.33. The molecule has 0 saturated carbocycles. The Kier molecular flexibility index (Phi) is 16.7. The van der Waals surface area contributed by atoms with Gasteiger partial charge in [0.1, 0.15) is 54.7 Å². The average molecular weight is 679 g/mol. The van der Waals surface area contributed by atoms with E-state index in [1.54, 1.807) is 6.92 Å². The summed E-state index contributed by atoms with van der Waals surface area (Å²) in [5, 5.41) is 69.2. The topological polar surface area (TPSA) is 222 Å². The number of aliphatic hydroxyl groups is 7. The number of rotatable bonds is 19. The molecule has 0 bridgehead atoms. The summed E-state index contributed by atoms with van der Waals surface area (Å²) in [6, 6.07) is 0. The van der Waals surface area contributed by atoms with Crippen LogP contribution in [0.25, 0.3) is 0 Å². The summed E-state index contributed by atoms with van der Waals surface area (Å²) in [4.78, 5) is 25.2. The Morgan fingerprint density at radius 1 is 0.702 bits per heavy atom. The lowest BCUT2D eigenvalue weighted by Gasteiger charge is -2.40. The summed E-state index contributed by atoms with van der Waals surface area (Å²) in [5.41, 5.74) is 0. The minimum atomic E-state index is -1.61. The number of hydrogen-bond acceptors (Lipinski definition) is 14. The van der Waals surface area contributed by atoms with Crippen LogP contribution >= 0.6 is 0 Å². The van der Waals surface area contributed by atoms with Gasteiger partial charge in [-0.25, -0.2) is 0 Å². The fraction of sp³-hybridized carbons (Fsp3) is 0.939. The zero-order valence-electron chi connectivity index (χ0n) is 28.0. The van der Waals surface area contributed by atoms with Crippen LogP contribution in [0.15, 0.2) is 0 Å². The maximum atomic E-state index is 13.0. The maximum Gasteiger partial charge on any atom is 0.315 e. The Balaban J connectivity index is 1.20. The number of unbranched alkanes of at least 4 members (excludes halogenated alkanes) is 10. The molecule has 14 nitrogen and oxygen atoms in total. The highest BCUT2D eigenvalue weighted by molar-refractivity contribution is 5.85. The number of carbonyl (C=O) groups excluding carboxylic acids is 2. The van der Waals surface area contributed by atoms with Gasteiger partial charge in [0.2, 0.25) is 6.29 Å². The molecule has 0 radical (unpaired) electrons. The normalized spacial score (nSPS) is 38.3. The van der Waals surface area contributed by atoms with E-state index < -0.39 is 97.9 Å². The van der Waals surface area contributed by atoms with E-state index in [0.29, 0.717) is 6.42 Å². The predicted octanol–water partition coefficient (Wildman–Crippen LogP) is 0.811. The number of hydrogen-bond donors (Lipinski definition) is 7. The number of esters is 2. The van der Waals surface area contributed by atoms with E-state index in [9.17, 15) is 45.3 Å². The SMILES string of the molecule is C[C@H](CCCCCCCCCCCCC[C@@H]1OC(=O)[C@H](C)[C@@H]1C(=O)O[C@@H]1O[C@@H](C)[C@H](O)[C@@H](O)[C@H]1O)O[C@@H]1O[C@H](CO)[C@@H](O)[C@H](O)[C@H]1O. The van der Waals surface area contributed by atoms with Gasteiger partial charge in [-0.3, -0.25) is 9.59 Å². The summed E-state index contributed by atoms with van der Waals surface area (Å²) >= 11 is 0. The van der Waals surface area contributed by atoms with E-state index in [1.807, 2.05) is 6.92 Å². The highest BCUT2D eigenvalue weighted by Crippen LogP contribution is 2.34. The number of cyclic esters (lactones) is 1. The smallest absolute Gasteiger partial charge is 0.315 e. The lowest BCUT2D eigenvalue weighted by molar-refractivity contribution is -0.310. The van der Waals surface area contributed by atoms with Gasteiger partial charge in [-0.15, -0.1) is 0 Å². The maximum absolute atomic E-state index is 13.0. The monoisotopic (exact) mass is 678 g/mol. The van der Waals surface area contributed by atoms with Crippen molar-refractivity contribution in [2.75, 3.05) is 6.61 Å². The van der Waals surface area contributed by atoms with Crippen molar-refractivity contribution in [3.05, 3.63) is 0 Å². The van der Waals surface area contributed by atoms with E-state index >= 15 is 0 Å². The molecule has 3 heterocycles. The number of aliphatic hydroxyl groups excluding tert-OH is 7. The molecule has 47 heavy (non-hydrogen) atoms. The zero-order chi connectivity index (χ0) is 34.7. The molecule has 3 saturated heterocycles. The first-order chi connectivity index (χ1) is 22.4. The molecule has 0 aromatic carbocycles. The largest absolute Gasteiger partial charge is 0.461 e. The van der Waals surface area contributed by atoms with Crippen LogP contribution < -0.4 is 0 Å². The first-order valence-corrected chi connectivity index (χ1v) is 17.4. The zero-order valence-corrected chi connectivity index (χ0v) is 28.0. The minimum absolute atomic E-state index is 0.208. The highest BCUT2D eigenvalue weighted by Gasteiger charge is 2.50. The Labute approximate surface area is 277 Å². The quantitative estimate of drug-likeness (QED) is 0.0743. The van der Waals surface area contributed by atoms with Crippen LogP contribution in [0.5, 0.6) is 0 Å². The van der Waals surface area contributed by atoms with Crippen LogP contribution in [0, 0.1) is 11.8 Å². The third-order valence-electron chi connectivity index (χ3n) is 9.71. The lowest BCUT2D eigenvalue weighted by atomic mass is 9.89. The molecule has 0 amide bonds. The Morgan fingerprint density at radius 3 is 1.83 bits per heavy atom. The van der Waals surface area contributed by atoms with Gasteiger partial charge in [-0.05, 0) is 33.1 Å². The van der Waals surface area contributed by atoms with Crippen molar-refractivity contribution < 1.29 is 69.0 Å². The van der Waals surface area contributed by atoms with Gasteiger partial charge < -0.3 is 59.4 Å². The van der Waals surface area contributed by atoms with E-state index in [1.165, 1.54) is 6.92 Å². The summed E-state index contributed by atoms with van der Waals surface area (Å²) in [7, 11) is 0. The molecule has 0 aliphatic carbocycles. The van der Waals surface area contributed by atoms with Crippen molar-refractivity contribution in [1.29, 1.82) is 0 Å². The van der Waals surface area contributed by atoms with Crippen molar-refractivity contribution >= 4 is 11.9 Å². The molecular weight excluding hydrogens is 620 g/mol. The van der Waals surface area contributed by atoms with Crippen LogP contribution in [0.4, 0.5) is 0 Å². The number of ether oxygens (including phenoxy) is 5. The molecule has 7 N–H and O–H groups in total. The van der Waals surface area contributed by atoms with Crippen molar-refractivity contribution in [2.24, 2.45) is 11.8 Å². The lowest BCUT2D eigenvalue weighted by Crippen LogP contribution is -2.59. The summed E-state index contributed by atoms with van der Waals surface area (Å²) < 4.78 is 27.3. The summed E-state index contributed by atoms with van der Waals surface area (Å²) in [5.74, 6) is -2.74. The molecule has 3 aliphatic heterocycles. The van der Waals surface area contributed by atoms with Crippen LogP contribution in [0.1, 0.15) is 104 Å². The van der Waals surface area contributed by atoms with Crippen LogP contribution in [-0.2, 0) is 33.3 Å². The van der Waals surface area contributed by atoms with E-state index in [4.69, 9.17) is 23.7 Å². The first kappa shape index (κ1) is 40.0. The standard InChI is InChI=1S/C33H58O14/c1-18(43-32-29(40)27(38)25(36)22(17-34)46-32)15-13-11-9-7-5-4-6-8-10-12-14-16-21-23(19(2)30(41)45-21)31(42)47-33-28(39)26(37)24(35)20(3)44-33/h18-29,32-40H,4-17H2,1-3H3/t18-,19-,20+,21+,22-,23+,24+,25-,26-,27+,28-,29-,32-,33+/m1/s1. The van der Waals surface area contributed by atoms with Gasteiger partial charge in [0, 0.05) is 0 Å². The van der Waals surface area contributed by atoms with Gasteiger partial charge in [-0.2, -0.15) is 0 Å². The van der Waals surface area contributed by atoms with E-state index in [2.05, 4.69) is 0 Å². The molecule has 0 aromatic rings. The second-order valence-corrected chi connectivity index (χ2v) is 13.5. The van der Waals surface area contributed by atoms with Crippen LogP contribution in [0.3, 0.4) is 0 Å². The molecule has 14 atom stereocenters. The molecule has 0 spiro atoms. The second kappa shape index (κ2) is 19.7. The molecule has 3 rings (SSSR count). The van der Waals surface area contributed by atoms with Crippen molar-refractivity contribution in [3.63, 3.8) is 0 Å². The third kappa shape index (κ3) is 11.3. The Morgan fingerprint density at radius 2 is 1.23 bits per heavy atom. The second-order valence-electron chi connectivity index (χ2n) is 13.5. The molecule has 3 fully saturated rings. The third-order valence-corrected chi connectivity index (χ3v) is 9.71. The van der Waals surface area contributed by atoms with Gasteiger partial charge in [0.15, 0.2) is 6.29 Å². The van der Waals surface area contributed by atoms with Gasteiger partial charge in [0.05, 0.1) is 24.7 Å². The van der Waals surface area contributed by atoms with Gasteiger partial charge in [0.25, 0.3) is 0 Å². The van der Waals surface area contributed by atoms with Crippen LogP contribution in [-0.4, -0.2) is 128 Å². The van der Waals surface area contributed by atoms with Crippen molar-refractivity contribution in [3.8, 4) is 0 Å². The van der Waals surface area contributed by atoms with Gasteiger partial charge >= 0.3 is 11.9 Å². The predicted molar refractivity (Wildman–Crippen MR) is 165 cm³/mol. The molecule has 14 heteroatoms. The summed E-state index contributed by atoms with van der Waals surface area (Å²) in [6.45, 7) is 4.49. The molecule has 274 valence electrons. The van der Waals surface area contributed by atoms with E-state index in [0.717, 1.165) is 77.0 Å². The fourth-order valence-corrected chi connectivity index (χ4v) is 6.54. The van der Waals surface area contributed by atoms with Crippen molar-refractivity contribution in [1.82, 2.24) is 0 Å². The molecule has 0 unspecified atom stereocenters. The van der Waals surface area contributed by atoms with Crippen LogP contribution in [0.2, 0.25) is 0 Å². The molecular formula is C33H58O14. The summed E-state index contributed by atoms with van der Waals surface area (Å²) in [6.07, 6.45) is -0.989. The Bertz CT molecular complexity index is 935. The molecule has 3 aliphatic rings. The minimum Gasteiger partial charge on any atom is -0.461 e. The number of carbonyl (C=O) groups is 2. The van der Waals surface area contributed by atoms with Gasteiger partial charge in [-0.1, -0.05) is 71.1 Å². The fourth-order valence-electron chi connectivity index (χ4n) is 6.54. The van der Waals surface area contributed by atoms with Crippen molar-refractivity contribution in [2.45, 2.75) is 178 Å². The Hall–Kier alpha value is -1.46. The first-order valence-electron chi connectivity index (χ1n) is 17.4. The van der Waals surface area contributed by atoms with E-state index in [-0.39, 0.29) is 6.10 Å². The highest BCUT2D eigenvalue weighted by atomic mass is 16.7.